The van der Waals surface area contributed by atoms with Crippen LogP contribution in [0.1, 0.15) is 33.6 Å². The maximum atomic E-state index is 12.6. The van der Waals surface area contributed by atoms with Crippen molar-refractivity contribution in [3.63, 3.8) is 0 Å². The first-order valence-electron chi connectivity index (χ1n) is 9.98. The zero-order valence-corrected chi connectivity index (χ0v) is 19.7. The van der Waals surface area contributed by atoms with Crippen LogP contribution in [-0.4, -0.2) is 58.5 Å². The molecular formula is C22H24ClN3O5S. The Morgan fingerprint density at radius 1 is 1.25 bits per heavy atom. The van der Waals surface area contributed by atoms with Gasteiger partial charge in [0.15, 0.2) is 0 Å². The Balaban J connectivity index is 1.56. The lowest BCUT2D eigenvalue weighted by molar-refractivity contribution is -0.134. The van der Waals surface area contributed by atoms with Gasteiger partial charge in [-0.1, -0.05) is 53.2 Å². The lowest BCUT2D eigenvalue weighted by Crippen LogP contribution is -2.27. The van der Waals surface area contributed by atoms with Crippen molar-refractivity contribution < 1.29 is 23.9 Å². The van der Waals surface area contributed by atoms with Crippen LogP contribution in [-0.2, 0) is 25.6 Å². The number of halogens is 1. The second-order valence-corrected chi connectivity index (χ2v) is 8.58. The summed E-state index contributed by atoms with van der Waals surface area (Å²) in [5, 5.41) is 5.13. The molecule has 0 aliphatic carbocycles. The van der Waals surface area contributed by atoms with Crippen molar-refractivity contribution in [1.29, 1.82) is 0 Å². The van der Waals surface area contributed by atoms with Gasteiger partial charge in [-0.3, -0.25) is 4.79 Å². The van der Waals surface area contributed by atoms with Crippen molar-refractivity contribution in [3.8, 4) is 0 Å². The van der Waals surface area contributed by atoms with E-state index in [1.807, 2.05) is 31.2 Å². The number of ether oxygens (including phenoxy) is 2. The zero-order chi connectivity index (χ0) is 23.3. The summed E-state index contributed by atoms with van der Waals surface area (Å²) in [4.78, 5) is 37.6. The predicted molar refractivity (Wildman–Crippen MR) is 121 cm³/mol. The summed E-state index contributed by atoms with van der Waals surface area (Å²) in [6, 6.07) is 7.98. The number of amides is 1. The van der Waals surface area contributed by atoms with Crippen molar-refractivity contribution in [2.24, 2.45) is 0 Å². The van der Waals surface area contributed by atoms with Gasteiger partial charge in [-0.05, 0) is 25.8 Å². The molecule has 0 atom stereocenters. The van der Waals surface area contributed by atoms with E-state index >= 15 is 0 Å². The molecule has 1 saturated heterocycles. The Labute approximate surface area is 195 Å². The van der Waals surface area contributed by atoms with Crippen LogP contribution < -0.4 is 0 Å². The highest BCUT2D eigenvalue weighted by molar-refractivity contribution is 8.04. The molecule has 1 aliphatic heterocycles. The molecule has 8 nitrogen and oxygen atoms in total. The van der Waals surface area contributed by atoms with Crippen LogP contribution in [0, 0.1) is 13.8 Å². The normalized spacial score (nSPS) is 14.8. The highest BCUT2D eigenvalue weighted by Gasteiger charge is 2.27. The van der Waals surface area contributed by atoms with E-state index in [1.54, 1.807) is 11.6 Å². The van der Waals surface area contributed by atoms with Gasteiger partial charge in [-0.25, -0.2) is 14.3 Å². The number of benzene rings is 1. The topological polar surface area (TPSA) is 90.7 Å². The largest absolute Gasteiger partial charge is 0.466 e. The third-order valence-electron chi connectivity index (χ3n) is 4.83. The molecule has 32 heavy (non-hydrogen) atoms. The monoisotopic (exact) mass is 477 g/mol. The van der Waals surface area contributed by atoms with E-state index < -0.39 is 11.9 Å². The smallest absolute Gasteiger partial charge is 0.343 e. The van der Waals surface area contributed by atoms with Gasteiger partial charge in [0.05, 0.1) is 42.8 Å². The average molecular weight is 478 g/mol. The van der Waals surface area contributed by atoms with Crippen LogP contribution in [0.4, 0.5) is 0 Å². The molecule has 1 amide bonds. The Morgan fingerprint density at radius 3 is 2.66 bits per heavy atom. The fourth-order valence-electron chi connectivity index (χ4n) is 3.14. The maximum Gasteiger partial charge on any atom is 0.343 e. The summed E-state index contributed by atoms with van der Waals surface area (Å²) in [6.07, 6.45) is 1.69. The minimum Gasteiger partial charge on any atom is -0.466 e. The number of carbonyl (C=O) groups is 3. The van der Waals surface area contributed by atoms with Crippen LogP contribution in [0.3, 0.4) is 0 Å². The first kappa shape index (κ1) is 23.9. The van der Waals surface area contributed by atoms with Gasteiger partial charge in [-0.15, -0.1) is 0 Å². The van der Waals surface area contributed by atoms with Crippen LogP contribution >= 0.6 is 23.4 Å². The van der Waals surface area contributed by atoms with Crippen LogP contribution in [0.5, 0.6) is 0 Å². The number of rotatable bonds is 8. The Hall–Kier alpha value is -2.78. The standard InChI is InChI=1S/C22H24ClN3O5S/c1-14-5-7-16(8-6-14)12-26-21(23)20(15(2)24-26)22(29)31-10-4-9-25-17(27)13-32-18(25)11-19(28)30-3/h5-8,11H,4,9-10,12-13H2,1-3H3/b18-11+. The maximum absolute atomic E-state index is 12.6. The lowest BCUT2D eigenvalue weighted by atomic mass is 10.1. The van der Waals surface area contributed by atoms with Crippen LogP contribution in [0.2, 0.25) is 5.15 Å². The molecule has 0 unspecified atom stereocenters. The predicted octanol–water partition coefficient (Wildman–Crippen LogP) is 3.34. The molecule has 2 heterocycles. The van der Waals surface area contributed by atoms with Crippen molar-refractivity contribution in [2.45, 2.75) is 26.8 Å². The molecule has 3 rings (SSSR count). The Kier molecular flexibility index (Phi) is 7.98. The summed E-state index contributed by atoms with van der Waals surface area (Å²) >= 11 is 7.69. The molecule has 2 aromatic rings. The van der Waals surface area contributed by atoms with Gasteiger partial charge in [0.1, 0.15) is 10.7 Å². The number of nitrogens with zero attached hydrogens (tertiary/aromatic N) is 3. The second-order valence-electron chi connectivity index (χ2n) is 7.22. The molecule has 0 spiro atoms. The van der Waals surface area contributed by atoms with E-state index in [-0.39, 0.29) is 29.0 Å². The molecule has 1 aliphatic rings. The van der Waals surface area contributed by atoms with Crippen molar-refractivity contribution in [3.05, 3.63) is 62.9 Å². The van der Waals surface area contributed by atoms with Crippen LogP contribution in [0.15, 0.2) is 35.4 Å². The van der Waals surface area contributed by atoms with E-state index in [9.17, 15) is 14.4 Å². The van der Waals surface area contributed by atoms with Gasteiger partial charge in [-0.2, -0.15) is 5.10 Å². The van der Waals surface area contributed by atoms with Gasteiger partial charge in [0, 0.05) is 6.54 Å². The molecule has 170 valence electrons. The number of thioether (sulfide) groups is 1. The number of methoxy groups -OCH3 is 1. The summed E-state index contributed by atoms with van der Waals surface area (Å²) in [7, 11) is 1.28. The van der Waals surface area contributed by atoms with E-state index in [1.165, 1.54) is 29.8 Å². The van der Waals surface area contributed by atoms with E-state index in [0.29, 0.717) is 30.2 Å². The summed E-state index contributed by atoms with van der Waals surface area (Å²) in [5.41, 5.74) is 2.89. The lowest BCUT2D eigenvalue weighted by Gasteiger charge is -2.16. The Morgan fingerprint density at radius 2 is 1.97 bits per heavy atom. The number of hydrogen-bond donors (Lipinski definition) is 0. The zero-order valence-electron chi connectivity index (χ0n) is 18.1. The molecule has 0 N–H and O–H groups in total. The summed E-state index contributed by atoms with van der Waals surface area (Å²) < 4.78 is 11.6. The average Bonchev–Trinajstić information content (AvgIpc) is 3.25. The Bertz CT molecular complexity index is 1050. The molecule has 0 saturated carbocycles. The van der Waals surface area contributed by atoms with Gasteiger partial charge in [0.2, 0.25) is 5.91 Å². The molecule has 10 heteroatoms. The van der Waals surface area contributed by atoms with E-state index in [4.69, 9.17) is 16.3 Å². The second kappa shape index (κ2) is 10.7. The van der Waals surface area contributed by atoms with Gasteiger partial charge < -0.3 is 14.4 Å². The highest BCUT2D eigenvalue weighted by atomic mass is 35.5. The summed E-state index contributed by atoms with van der Waals surface area (Å²) in [6.45, 7) is 4.58. The quantitative estimate of drug-likeness (QED) is 0.327. The molecule has 1 aromatic heterocycles. The first-order chi connectivity index (χ1) is 15.3. The molecule has 0 radical (unpaired) electrons. The summed E-state index contributed by atoms with van der Waals surface area (Å²) in [5.74, 6) is -0.924. The third kappa shape index (κ3) is 5.72. The number of esters is 2. The van der Waals surface area contributed by atoms with E-state index in [0.717, 1.165) is 11.1 Å². The van der Waals surface area contributed by atoms with E-state index in [2.05, 4.69) is 9.84 Å². The fraction of sp³-hybridized carbons (Fsp3) is 0.364. The first-order valence-corrected chi connectivity index (χ1v) is 11.3. The molecule has 1 fully saturated rings. The van der Waals surface area contributed by atoms with Gasteiger partial charge >= 0.3 is 11.9 Å². The highest BCUT2D eigenvalue weighted by Crippen LogP contribution is 2.29. The van der Waals surface area contributed by atoms with Crippen molar-refractivity contribution >= 4 is 41.2 Å². The molecular weight excluding hydrogens is 454 g/mol. The number of carbonyl (C=O) groups excluding carboxylic acids is 3. The van der Waals surface area contributed by atoms with Gasteiger partial charge in [0.25, 0.3) is 0 Å². The number of aromatic nitrogens is 2. The molecule has 0 bridgehead atoms. The minimum absolute atomic E-state index is 0.0949. The van der Waals surface area contributed by atoms with Crippen molar-refractivity contribution in [1.82, 2.24) is 14.7 Å². The van der Waals surface area contributed by atoms with Crippen LogP contribution in [0.25, 0.3) is 0 Å². The third-order valence-corrected chi connectivity index (χ3v) is 6.24. The number of aryl methyl sites for hydroxylation is 2. The minimum atomic E-state index is -0.560. The fourth-order valence-corrected chi connectivity index (χ4v) is 4.41. The molecule has 1 aromatic carbocycles. The SMILES string of the molecule is COC(=O)/C=C1/SCC(=O)N1CCCOC(=O)c1c(C)nn(Cc2ccc(C)cc2)c1Cl. The van der Waals surface area contributed by atoms with Crippen molar-refractivity contribution in [2.75, 3.05) is 26.0 Å². The number of hydrogen-bond acceptors (Lipinski definition) is 7.